The summed E-state index contributed by atoms with van der Waals surface area (Å²) in [6, 6.07) is 0. The largest absolute Gasteiger partial charge is 0.310 e. The van der Waals surface area contributed by atoms with Crippen molar-refractivity contribution >= 4 is 40.1 Å². The van der Waals surface area contributed by atoms with Gasteiger partial charge in [0.05, 0.1) is 7.05 Å². The van der Waals surface area contributed by atoms with Crippen LogP contribution in [0.3, 0.4) is 0 Å². The molecule has 0 bridgehead atoms. The van der Waals surface area contributed by atoms with Crippen LogP contribution in [0.1, 0.15) is 12.8 Å². The van der Waals surface area contributed by atoms with Crippen molar-refractivity contribution in [3.05, 3.63) is 0 Å². The molecule has 2 nitrogen and oxygen atoms in total. The van der Waals surface area contributed by atoms with Crippen molar-refractivity contribution in [2.45, 2.75) is 12.8 Å². The van der Waals surface area contributed by atoms with Crippen LogP contribution in [0.4, 0.5) is 0 Å². The first-order valence-corrected chi connectivity index (χ1v) is 5.35. The first kappa shape index (κ1) is 9.83. The van der Waals surface area contributed by atoms with Gasteiger partial charge in [-0.25, -0.2) is 3.11 Å². The third-order valence-electron chi connectivity index (χ3n) is 2.13. The Kier molecular flexibility index (Phi) is 4.19. The van der Waals surface area contributed by atoms with Crippen LogP contribution in [0, 0.1) is 5.92 Å². The SMILES string of the molecule is C[NH2+]C(=S)C1CCN(I)CC1. The van der Waals surface area contributed by atoms with Crippen molar-refractivity contribution in [2.24, 2.45) is 5.92 Å². The lowest BCUT2D eigenvalue weighted by atomic mass is 9.98. The van der Waals surface area contributed by atoms with E-state index in [-0.39, 0.29) is 0 Å². The number of nitrogens with zero attached hydrogens (tertiary/aromatic N) is 1. The molecule has 0 spiro atoms. The molecule has 0 amide bonds. The van der Waals surface area contributed by atoms with Gasteiger partial charge < -0.3 is 5.32 Å². The topological polar surface area (TPSA) is 19.9 Å². The van der Waals surface area contributed by atoms with Gasteiger partial charge >= 0.3 is 0 Å². The molecule has 0 aromatic carbocycles. The van der Waals surface area contributed by atoms with Gasteiger partial charge in [0.15, 0.2) is 4.99 Å². The molecule has 4 heteroatoms. The van der Waals surface area contributed by atoms with Gasteiger partial charge in [-0.2, -0.15) is 0 Å². The van der Waals surface area contributed by atoms with Crippen LogP contribution in [0.2, 0.25) is 0 Å². The molecule has 1 rings (SSSR count). The van der Waals surface area contributed by atoms with Gasteiger partial charge in [-0.1, -0.05) is 0 Å². The number of piperidine rings is 1. The summed E-state index contributed by atoms with van der Waals surface area (Å²) in [5, 5.41) is 2.07. The molecular weight excluding hydrogens is 271 g/mol. The fourth-order valence-corrected chi connectivity index (χ4v) is 2.16. The second kappa shape index (κ2) is 4.69. The van der Waals surface area contributed by atoms with Crippen molar-refractivity contribution in [2.75, 3.05) is 20.1 Å². The van der Waals surface area contributed by atoms with Crippen LogP contribution in [-0.2, 0) is 0 Å². The highest BCUT2D eigenvalue weighted by molar-refractivity contribution is 14.1. The Morgan fingerprint density at radius 3 is 2.55 bits per heavy atom. The molecule has 1 saturated heterocycles. The lowest BCUT2D eigenvalue weighted by Gasteiger charge is -2.25. The van der Waals surface area contributed by atoms with E-state index in [2.05, 4.69) is 31.3 Å². The van der Waals surface area contributed by atoms with Crippen molar-refractivity contribution < 1.29 is 5.32 Å². The average Bonchev–Trinajstić information content (AvgIpc) is 2.05. The quantitative estimate of drug-likeness (QED) is 0.432. The number of halogens is 1. The van der Waals surface area contributed by atoms with E-state index in [1.54, 1.807) is 0 Å². The molecule has 0 unspecified atom stereocenters. The molecule has 1 heterocycles. The Morgan fingerprint density at radius 1 is 1.55 bits per heavy atom. The van der Waals surface area contributed by atoms with E-state index in [1.165, 1.54) is 25.9 Å². The van der Waals surface area contributed by atoms with E-state index in [0.717, 1.165) is 4.99 Å². The molecule has 0 aromatic rings. The summed E-state index contributed by atoms with van der Waals surface area (Å²) in [5.74, 6) is 0.681. The molecule has 64 valence electrons. The van der Waals surface area contributed by atoms with Crippen molar-refractivity contribution in [3.63, 3.8) is 0 Å². The van der Waals surface area contributed by atoms with Gasteiger partial charge in [-0.3, -0.25) is 0 Å². The summed E-state index contributed by atoms with van der Waals surface area (Å²) >= 11 is 7.62. The van der Waals surface area contributed by atoms with E-state index in [1.807, 2.05) is 7.05 Å². The van der Waals surface area contributed by atoms with Gasteiger partial charge in [0, 0.05) is 41.9 Å². The summed E-state index contributed by atoms with van der Waals surface area (Å²) < 4.78 is 2.34. The predicted octanol–water partition coefficient (Wildman–Crippen LogP) is 0.569. The normalized spacial score (nSPS) is 22.0. The molecule has 0 aromatic heterocycles. The van der Waals surface area contributed by atoms with Gasteiger partial charge in [0.2, 0.25) is 0 Å². The Bertz CT molecular complexity index is 143. The zero-order valence-corrected chi connectivity index (χ0v) is 9.69. The highest BCUT2D eigenvalue weighted by atomic mass is 127. The first-order valence-electron chi connectivity index (χ1n) is 3.98. The third kappa shape index (κ3) is 2.93. The number of nitrogens with two attached hydrogens (primary N) is 1. The maximum Gasteiger partial charge on any atom is 0.173 e. The summed E-state index contributed by atoms with van der Waals surface area (Å²) in [6.45, 7) is 2.39. The summed E-state index contributed by atoms with van der Waals surface area (Å²) in [7, 11) is 2.04. The maximum absolute atomic E-state index is 5.24. The van der Waals surface area contributed by atoms with Crippen LogP contribution >= 0.6 is 35.1 Å². The fourth-order valence-electron chi connectivity index (χ4n) is 1.37. The van der Waals surface area contributed by atoms with Crippen molar-refractivity contribution in [1.82, 2.24) is 3.11 Å². The fraction of sp³-hybridized carbons (Fsp3) is 0.857. The number of hydrogen-bond acceptors (Lipinski definition) is 2. The minimum atomic E-state index is 0.681. The monoisotopic (exact) mass is 285 g/mol. The zero-order valence-electron chi connectivity index (χ0n) is 6.72. The lowest BCUT2D eigenvalue weighted by molar-refractivity contribution is -0.507. The Balaban J connectivity index is 2.33. The van der Waals surface area contributed by atoms with Crippen molar-refractivity contribution in [3.8, 4) is 0 Å². The van der Waals surface area contributed by atoms with E-state index < -0.39 is 0 Å². The molecule has 0 saturated carbocycles. The maximum atomic E-state index is 5.24. The lowest BCUT2D eigenvalue weighted by Crippen LogP contribution is -2.85. The van der Waals surface area contributed by atoms with Gasteiger partial charge in [-0.15, -0.1) is 0 Å². The summed E-state index contributed by atoms with van der Waals surface area (Å²) in [6.07, 6.45) is 2.48. The molecule has 0 radical (unpaired) electrons. The molecule has 1 fully saturated rings. The number of rotatable bonds is 1. The Labute approximate surface area is 87.2 Å². The standard InChI is InChI=1S/C7H13IN2S/c1-9-7(11)6-2-4-10(8)5-3-6/h6H,2-5H2,1H3,(H,9,11)/p+1. The average molecular weight is 285 g/mol. The first-order chi connectivity index (χ1) is 5.24. The van der Waals surface area contributed by atoms with Crippen LogP contribution in [-0.4, -0.2) is 28.2 Å². The third-order valence-corrected chi connectivity index (χ3v) is 3.66. The van der Waals surface area contributed by atoms with Crippen LogP contribution < -0.4 is 5.32 Å². The van der Waals surface area contributed by atoms with Crippen LogP contribution in [0.25, 0.3) is 0 Å². The zero-order chi connectivity index (χ0) is 8.27. The molecule has 1 aliphatic rings. The van der Waals surface area contributed by atoms with Crippen molar-refractivity contribution in [1.29, 1.82) is 0 Å². The Hall–Kier alpha value is 0.740. The van der Waals surface area contributed by atoms with Gasteiger partial charge in [0.1, 0.15) is 0 Å². The summed E-state index contributed by atoms with van der Waals surface area (Å²) in [4.78, 5) is 1.16. The molecule has 0 aliphatic carbocycles. The molecule has 2 N–H and O–H groups in total. The molecule has 11 heavy (non-hydrogen) atoms. The van der Waals surface area contributed by atoms with E-state index in [4.69, 9.17) is 12.2 Å². The smallest absolute Gasteiger partial charge is 0.173 e. The number of quaternary nitrogens is 1. The highest BCUT2D eigenvalue weighted by Crippen LogP contribution is 2.18. The predicted molar refractivity (Wildman–Crippen MR) is 58.8 cm³/mol. The van der Waals surface area contributed by atoms with E-state index in [0.29, 0.717) is 5.92 Å². The van der Waals surface area contributed by atoms with Gasteiger partial charge in [0.25, 0.3) is 0 Å². The van der Waals surface area contributed by atoms with E-state index >= 15 is 0 Å². The molecular formula is C7H14IN2S+. The van der Waals surface area contributed by atoms with Crippen LogP contribution in [0.5, 0.6) is 0 Å². The molecule has 1 aliphatic heterocycles. The summed E-state index contributed by atoms with van der Waals surface area (Å²) in [5.41, 5.74) is 0. The van der Waals surface area contributed by atoms with E-state index in [9.17, 15) is 0 Å². The minimum Gasteiger partial charge on any atom is -0.310 e. The molecule has 0 atom stereocenters. The second-order valence-corrected chi connectivity index (χ2v) is 4.71. The number of thiocarbonyl (C=S) groups is 1. The highest BCUT2D eigenvalue weighted by Gasteiger charge is 2.22. The van der Waals surface area contributed by atoms with Crippen LogP contribution in [0.15, 0.2) is 0 Å². The number of hydrogen-bond donors (Lipinski definition) is 1. The minimum absolute atomic E-state index is 0.681. The Morgan fingerprint density at radius 2 is 2.09 bits per heavy atom. The second-order valence-electron chi connectivity index (χ2n) is 2.88. The van der Waals surface area contributed by atoms with Gasteiger partial charge in [-0.05, 0) is 25.1 Å².